The average molecular weight is 236 g/mol. The minimum Gasteiger partial charge on any atom is -0.495 e. The maximum absolute atomic E-state index is 6.05. The molecule has 1 aliphatic heterocycles. The molecule has 2 unspecified atom stereocenters. The SMILES string of the molecule is COc1cccc(NC2(C)CCOC2C)c1N. The highest BCUT2D eigenvalue weighted by molar-refractivity contribution is 5.73. The molecule has 94 valence electrons. The number of para-hydroxylation sites is 1. The summed E-state index contributed by atoms with van der Waals surface area (Å²) >= 11 is 0. The maximum Gasteiger partial charge on any atom is 0.143 e. The second kappa shape index (κ2) is 4.45. The van der Waals surface area contributed by atoms with Crippen LogP contribution in [0.5, 0.6) is 5.75 Å². The monoisotopic (exact) mass is 236 g/mol. The highest BCUT2D eigenvalue weighted by Crippen LogP contribution is 2.35. The summed E-state index contributed by atoms with van der Waals surface area (Å²) in [6, 6.07) is 5.76. The van der Waals surface area contributed by atoms with Crippen molar-refractivity contribution in [3.8, 4) is 5.75 Å². The summed E-state index contributed by atoms with van der Waals surface area (Å²) in [4.78, 5) is 0. The summed E-state index contributed by atoms with van der Waals surface area (Å²) in [6.07, 6.45) is 1.15. The van der Waals surface area contributed by atoms with E-state index in [1.54, 1.807) is 7.11 Å². The predicted octanol–water partition coefficient (Wildman–Crippen LogP) is 2.26. The number of anilines is 2. The van der Waals surface area contributed by atoms with E-state index in [-0.39, 0.29) is 11.6 Å². The molecule has 1 aromatic carbocycles. The van der Waals surface area contributed by atoms with Crippen molar-refractivity contribution >= 4 is 11.4 Å². The van der Waals surface area contributed by atoms with Gasteiger partial charge in [0.2, 0.25) is 0 Å². The lowest BCUT2D eigenvalue weighted by Crippen LogP contribution is -2.41. The standard InChI is InChI=1S/C13H20N2O2/c1-9-13(2,7-8-17-9)15-10-5-4-6-11(16-3)12(10)14/h4-6,9,15H,7-8,14H2,1-3H3. The average Bonchev–Trinajstić information content (AvgIpc) is 2.62. The zero-order valence-electron chi connectivity index (χ0n) is 10.6. The van der Waals surface area contributed by atoms with Gasteiger partial charge in [0.15, 0.2) is 0 Å². The van der Waals surface area contributed by atoms with Gasteiger partial charge in [0, 0.05) is 6.61 Å². The molecule has 0 aromatic heterocycles. The summed E-state index contributed by atoms with van der Waals surface area (Å²) in [5.74, 6) is 0.699. The van der Waals surface area contributed by atoms with E-state index < -0.39 is 0 Å². The van der Waals surface area contributed by atoms with Crippen molar-refractivity contribution in [3.63, 3.8) is 0 Å². The number of methoxy groups -OCH3 is 1. The van der Waals surface area contributed by atoms with Crippen molar-refractivity contribution in [2.45, 2.75) is 31.9 Å². The van der Waals surface area contributed by atoms with Crippen LogP contribution in [0.1, 0.15) is 20.3 Å². The molecule has 2 rings (SSSR count). The maximum atomic E-state index is 6.05. The van der Waals surface area contributed by atoms with E-state index in [0.29, 0.717) is 11.4 Å². The Balaban J connectivity index is 2.24. The minimum atomic E-state index is -0.0690. The molecule has 4 heteroatoms. The van der Waals surface area contributed by atoms with Crippen molar-refractivity contribution in [1.29, 1.82) is 0 Å². The van der Waals surface area contributed by atoms with Crippen LogP contribution < -0.4 is 15.8 Å². The molecule has 0 aliphatic carbocycles. The topological polar surface area (TPSA) is 56.5 Å². The van der Waals surface area contributed by atoms with E-state index >= 15 is 0 Å². The van der Waals surface area contributed by atoms with E-state index in [1.165, 1.54) is 0 Å². The Hall–Kier alpha value is -1.42. The van der Waals surface area contributed by atoms with Gasteiger partial charge >= 0.3 is 0 Å². The van der Waals surface area contributed by atoms with Gasteiger partial charge < -0.3 is 20.5 Å². The van der Waals surface area contributed by atoms with Crippen LogP contribution >= 0.6 is 0 Å². The third-order valence-electron chi connectivity index (χ3n) is 3.59. The molecule has 1 aliphatic rings. The number of hydrogen-bond acceptors (Lipinski definition) is 4. The number of hydrogen-bond donors (Lipinski definition) is 2. The third kappa shape index (κ3) is 2.17. The fourth-order valence-corrected chi connectivity index (χ4v) is 2.14. The molecule has 0 saturated carbocycles. The van der Waals surface area contributed by atoms with Gasteiger partial charge in [-0.05, 0) is 32.4 Å². The van der Waals surface area contributed by atoms with Crippen LogP contribution in [0.15, 0.2) is 18.2 Å². The normalized spacial score (nSPS) is 28.1. The molecule has 3 N–H and O–H groups in total. The van der Waals surface area contributed by atoms with Gasteiger partial charge in [-0.2, -0.15) is 0 Å². The van der Waals surface area contributed by atoms with Crippen LogP contribution in [0.25, 0.3) is 0 Å². The first-order valence-corrected chi connectivity index (χ1v) is 5.89. The molecule has 0 bridgehead atoms. The summed E-state index contributed by atoms with van der Waals surface area (Å²) in [5.41, 5.74) is 7.53. The smallest absolute Gasteiger partial charge is 0.143 e. The summed E-state index contributed by atoms with van der Waals surface area (Å²) in [5, 5.41) is 3.48. The van der Waals surface area contributed by atoms with Crippen LogP contribution in [-0.2, 0) is 4.74 Å². The van der Waals surface area contributed by atoms with E-state index in [4.69, 9.17) is 15.2 Å². The van der Waals surface area contributed by atoms with E-state index in [1.807, 2.05) is 18.2 Å². The van der Waals surface area contributed by atoms with Crippen LogP contribution in [0.4, 0.5) is 11.4 Å². The summed E-state index contributed by atoms with van der Waals surface area (Å²) < 4.78 is 10.8. The molecule has 1 heterocycles. The quantitative estimate of drug-likeness (QED) is 0.790. The van der Waals surface area contributed by atoms with Crippen LogP contribution in [0, 0.1) is 0 Å². The van der Waals surface area contributed by atoms with Gasteiger partial charge in [0.05, 0.1) is 30.1 Å². The molecule has 1 aromatic rings. The Morgan fingerprint density at radius 3 is 2.88 bits per heavy atom. The summed E-state index contributed by atoms with van der Waals surface area (Å²) in [6.45, 7) is 5.02. The largest absolute Gasteiger partial charge is 0.495 e. The molecule has 1 saturated heterocycles. The summed E-state index contributed by atoms with van der Waals surface area (Å²) in [7, 11) is 1.62. The van der Waals surface area contributed by atoms with Gasteiger partial charge in [0.25, 0.3) is 0 Å². The Bertz CT molecular complexity index is 408. The van der Waals surface area contributed by atoms with Gasteiger partial charge in [0.1, 0.15) is 5.75 Å². The third-order valence-corrected chi connectivity index (χ3v) is 3.59. The number of nitrogens with two attached hydrogens (primary N) is 1. The van der Waals surface area contributed by atoms with E-state index in [0.717, 1.165) is 18.7 Å². The lowest BCUT2D eigenvalue weighted by molar-refractivity contribution is 0.105. The Kier molecular flexibility index (Phi) is 3.15. The molecular weight excluding hydrogens is 216 g/mol. The first kappa shape index (κ1) is 12.0. The van der Waals surface area contributed by atoms with Crippen LogP contribution in [-0.4, -0.2) is 25.4 Å². The fourth-order valence-electron chi connectivity index (χ4n) is 2.14. The second-order valence-corrected chi connectivity index (χ2v) is 4.73. The first-order chi connectivity index (χ1) is 8.07. The number of benzene rings is 1. The molecule has 0 spiro atoms. The second-order valence-electron chi connectivity index (χ2n) is 4.73. The van der Waals surface area contributed by atoms with Crippen LogP contribution in [0.2, 0.25) is 0 Å². The molecule has 17 heavy (non-hydrogen) atoms. The Morgan fingerprint density at radius 2 is 2.29 bits per heavy atom. The van der Waals surface area contributed by atoms with Crippen molar-refractivity contribution in [2.75, 3.05) is 24.8 Å². The van der Waals surface area contributed by atoms with E-state index in [9.17, 15) is 0 Å². The van der Waals surface area contributed by atoms with E-state index in [2.05, 4.69) is 19.2 Å². The molecular formula is C13H20N2O2. The Labute approximate surface area is 102 Å². The zero-order valence-corrected chi connectivity index (χ0v) is 10.6. The van der Waals surface area contributed by atoms with Crippen molar-refractivity contribution in [1.82, 2.24) is 0 Å². The number of rotatable bonds is 3. The van der Waals surface area contributed by atoms with Crippen molar-refractivity contribution < 1.29 is 9.47 Å². The molecule has 1 fully saturated rings. The van der Waals surface area contributed by atoms with Gasteiger partial charge in [-0.3, -0.25) is 0 Å². The van der Waals surface area contributed by atoms with Gasteiger partial charge in [-0.1, -0.05) is 6.07 Å². The van der Waals surface area contributed by atoms with Crippen molar-refractivity contribution in [3.05, 3.63) is 18.2 Å². The molecule has 0 radical (unpaired) electrons. The van der Waals surface area contributed by atoms with Gasteiger partial charge in [-0.15, -0.1) is 0 Å². The van der Waals surface area contributed by atoms with Gasteiger partial charge in [-0.25, -0.2) is 0 Å². The minimum absolute atomic E-state index is 0.0690. The van der Waals surface area contributed by atoms with Crippen LogP contribution in [0.3, 0.4) is 0 Å². The molecule has 0 amide bonds. The number of nitrogens with one attached hydrogen (secondary N) is 1. The number of nitrogen functional groups attached to an aromatic ring is 1. The highest BCUT2D eigenvalue weighted by Gasteiger charge is 2.37. The van der Waals surface area contributed by atoms with Crippen molar-refractivity contribution in [2.24, 2.45) is 0 Å². The Morgan fingerprint density at radius 1 is 1.53 bits per heavy atom. The lowest BCUT2D eigenvalue weighted by Gasteiger charge is -2.31. The molecule has 2 atom stereocenters. The number of ether oxygens (including phenoxy) is 2. The first-order valence-electron chi connectivity index (χ1n) is 5.89. The lowest BCUT2D eigenvalue weighted by atomic mass is 9.94. The molecule has 4 nitrogen and oxygen atoms in total. The predicted molar refractivity (Wildman–Crippen MR) is 69.5 cm³/mol. The zero-order chi connectivity index (χ0) is 12.5. The highest BCUT2D eigenvalue weighted by atomic mass is 16.5. The fraction of sp³-hybridized carbons (Fsp3) is 0.538.